The Labute approximate surface area is 81.9 Å². The van der Waals surface area contributed by atoms with Crippen molar-refractivity contribution in [1.82, 2.24) is 0 Å². The summed E-state index contributed by atoms with van der Waals surface area (Å²) in [5.74, 6) is 0. The van der Waals surface area contributed by atoms with Gasteiger partial charge in [0.05, 0.1) is 0 Å². The normalized spacial score (nSPS) is 8.00. The molecule has 0 aromatic carbocycles. The van der Waals surface area contributed by atoms with Gasteiger partial charge in [0.2, 0.25) is 0 Å². The standard InChI is InChI=1S/C6H15P.Au.ClH/c1-4-7(5-2)6-3;;/h4-6H2,1-3H3;;1H/q;+1;/p-1. The Kier molecular flexibility index (Phi) is 22.7. The molecule has 0 aromatic rings. The topological polar surface area (TPSA) is 0 Å². The predicted molar refractivity (Wildman–Crippen MR) is 38.5 cm³/mol. The summed E-state index contributed by atoms with van der Waals surface area (Å²) >= 11 is 0. The van der Waals surface area contributed by atoms with E-state index < -0.39 is 0 Å². The maximum atomic E-state index is 2.29. The molecular formula is C6H15AuClP. The van der Waals surface area contributed by atoms with E-state index >= 15 is 0 Å². The fraction of sp³-hybridized carbons (Fsp3) is 1.00. The van der Waals surface area contributed by atoms with Gasteiger partial charge in [-0.25, -0.2) is 0 Å². The molecular weight excluding hydrogens is 335 g/mol. The summed E-state index contributed by atoms with van der Waals surface area (Å²) in [6, 6.07) is 0. The van der Waals surface area contributed by atoms with Crippen LogP contribution in [0, 0.1) is 0 Å². The van der Waals surface area contributed by atoms with Crippen molar-refractivity contribution < 1.29 is 34.8 Å². The van der Waals surface area contributed by atoms with Gasteiger partial charge in [-0.3, -0.25) is 0 Å². The zero-order chi connectivity index (χ0) is 5.70. The quantitative estimate of drug-likeness (QED) is 0.477. The summed E-state index contributed by atoms with van der Waals surface area (Å²) in [6.45, 7) is 6.87. The monoisotopic (exact) mass is 350 g/mol. The maximum absolute atomic E-state index is 2.29. The van der Waals surface area contributed by atoms with Gasteiger partial charge in [0.1, 0.15) is 0 Å². The molecule has 0 saturated carbocycles. The first kappa shape index (κ1) is 16.8. The fourth-order valence-electron chi connectivity index (χ4n) is 0.671. The van der Waals surface area contributed by atoms with E-state index in [2.05, 4.69) is 20.8 Å². The summed E-state index contributed by atoms with van der Waals surface area (Å²) in [6.07, 6.45) is 4.26. The Bertz CT molecular complexity index is 34.5. The largest absolute Gasteiger partial charge is 1.00 e. The molecule has 0 nitrogen and oxygen atoms in total. The smallest absolute Gasteiger partial charge is 1.00 e. The molecule has 0 unspecified atom stereocenters. The van der Waals surface area contributed by atoms with Crippen molar-refractivity contribution >= 4 is 7.92 Å². The van der Waals surface area contributed by atoms with Crippen molar-refractivity contribution in [2.45, 2.75) is 20.8 Å². The van der Waals surface area contributed by atoms with E-state index in [0.717, 1.165) is 0 Å². The van der Waals surface area contributed by atoms with Crippen LogP contribution in [0.2, 0.25) is 0 Å². The van der Waals surface area contributed by atoms with Gasteiger partial charge in [0.15, 0.2) is 0 Å². The first-order valence-corrected chi connectivity index (χ1v) is 4.97. The van der Waals surface area contributed by atoms with E-state index in [9.17, 15) is 0 Å². The molecule has 0 fully saturated rings. The number of halogens is 1. The minimum Gasteiger partial charge on any atom is -1.00 e. The molecule has 0 rings (SSSR count). The van der Waals surface area contributed by atoms with Crippen molar-refractivity contribution in [3.63, 3.8) is 0 Å². The minimum atomic E-state index is 0. The third-order valence-corrected chi connectivity index (χ3v) is 4.02. The average Bonchev–Trinajstić information content (AvgIpc) is 1.72. The maximum Gasteiger partial charge on any atom is 1.00 e. The van der Waals surface area contributed by atoms with Crippen LogP contribution in [0.3, 0.4) is 0 Å². The summed E-state index contributed by atoms with van der Waals surface area (Å²) in [7, 11) is 0.446. The second-order valence-corrected chi connectivity index (χ2v) is 4.86. The van der Waals surface area contributed by atoms with E-state index in [4.69, 9.17) is 0 Å². The van der Waals surface area contributed by atoms with Gasteiger partial charge >= 0.3 is 22.4 Å². The second kappa shape index (κ2) is 12.2. The van der Waals surface area contributed by atoms with E-state index in [1.54, 1.807) is 0 Å². The summed E-state index contributed by atoms with van der Waals surface area (Å²) in [5.41, 5.74) is 0. The van der Waals surface area contributed by atoms with Gasteiger partial charge < -0.3 is 12.4 Å². The molecule has 0 amide bonds. The summed E-state index contributed by atoms with van der Waals surface area (Å²) < 4.78 is 0. The molecule has 0 bridgehead atoms. The minimum absolute atomic E-state index is 0. The molecule has 0 heterocycles. The Morgan fingerprint density at radius 1 is 0.889 bits per heavy atom. The Morgan fingerprint density at radius 3 is 1.11 bits per heavy atom. The van der Waals surface area contributed by atoms with Crippen LogP contribution < -0.4 is 12.4 Å². The molecule has 62 valence electrons. The molecule has 0 radical (unpaired) electrons. The van der Waals surface area contributed by atoms with Crippen molar-refractivity contribution in [2.75, 3.05) is 18.5 Å². The fourth-order valence-corrected chi connectivity index (χ4v) is 2.01. The van der Waals surface area contributed by atoms with Gasteiger partial charge in [-0.15, -0.1) is 7.92 Å². The number of hydrogen-bond donors (Lipinski definition) is 0. The summed E-state index contributed by atoms with van der Waals surface area (Å²) in [5, 5.41) is 0. The molecule has 0 aromatic heterocycles. The summed E-state index contributed by atoms with van der Waals surface area (Å²) in [4.78, 5) is 0. The van der Waals surface area contributed by atoms with E-state index in [1.807, 2.05) is 0 Å². The van der Waals surface area contributed by atoms with Crippen molar-refractivity contribution in [1.29, 1.82) is 0 Å². The Morgan fingerprint density at radius 2 is 1.11 bits per heavy atom. The van der Waals surface area contributed by atoms with Crippen LogP contribution in [0.4, 0.5) is 0 Å². The van der Waals surface area contributed by atoms with Crippen molar-refractivity contribution in [2.24, 2.45) is 0 Å². The zero-order valence-electron chi connectivity index (χ0n) is 6.25. The molecule has 0 aliphatic heterocycles. The molecule has 0 aliphatic rings. The van der Waals surface area contributed by atoms with Gasteiger partial charge in [0, 0.05) is 0 Å². The van der Waals surface area contributed by atoms with Crippen LogP contribution in [0.1, 0.15) is 20.8 Å². The first-order chi connectivity index (χ1) is 3.35. The third kappa shape index (κ3) is 9.46. The van der Waals surface area contributed by atoms with E-state index in [1.165, 1.54) is 18.5 Å². The van der Waals surface area contributed by atoms with Crippen LogP contribution >= 0.6 is 7.92 Å². The molecule has 0 saturated heterocycles. The predicted octanol–water partition coefficient (Wildman–Crippen LogP) is -0.470. The van der Waals surface area contributed by atoms with Crippen LogP contribution in [0.15, 0.2) is 0 Å². The second-order valence-electron chi connectivity index (χ2n) is 1.62. The van der Waals surface area contributed by atoms with Gasteiger partial charge in [0.25, 0.3) is 0 Å². The molecule has 0 aliphatic carbocycles. The SMILES string of the molecule is CCP(CC)CC.[Au+].[Cl-]. The molecule has 0 atom stereocenters. The molecule has 0 N–H and O–H groups in total. The zero-order valence-corrected chi connectivity index (χ0v) is 10.1. The number of rotatable bonds is 3. The van der Waals surface area contributed by atoms with Gasteiger partial charge in [-0.05, 0) is 18.5 Å². The van der Waals surface area contributed by atoms with E-state index in [0.29, 0.717) is 7.92 Å². The first-order valence-electron chi connectivity index (χ1n) is 3.07. The van der Waals surface area contributed by atoms with Crippen LogP contribution in [-0.2, 0) is 22.4 Å². The van der Waals surface area contributed by atoms with Crippen molar-refractivity contribution in [3.8, 4) is 0 Å². The van der Waals surface area contributed by atoms with E-state index in [-0.39, 0.29) is 34.8 Å². The third-order valence-electron chi connectivity index (χ3n) is 1.34. The van der Waals surface area contributed by atoms with Gasteiger partial charge in [-0.2, -0.15) is 0 Å². The molecule has 3 heteroatoms. The van der Waals surface area contributed by atoms with Gasteiger partial charge in [-0.1, -0.05) is 20.8 Å². The Hall–Kier alpha value is 1.46. The van der Waals surface area contributed by atoms with Crippen LogP contribution in [0.25, 0.3) is 0 Å². The number of hydrogen-bond acceptors (Lipinski definition) is 0. The van der Waals surface area contributed by atoms with Crippen molar-refractivity contribution in [3.05, 3.63) is 0 Å². The molecule has 9 heavy (non-hydrogen) atoms. The van der Waals surface area contributed by atoms with Crippen LogP contribution in [0.5, 0.6) is 0 Å². The van der Waals surface area contributed by atoms with Crippen LogP contribution in [-0.4, -0.2) is 18.5 Å². The molecule has 0 spiro atoms. The Balaban J connectivity index is -0.000000180. The average molecular weight is 351 g/mol.